The highest BCUT2D eigenvalue weighted by atomic mass is 32.2. The second kappa shape index (κ2) is 7.80. The van der Waals surface area contributed by atoms with Crippen LogP contribution in [0.2, 0.25) is 0 Å². The Morgan fingerprint density at radius 1 is 1.19 bits per heavy atom. The number of carbonyl (C=O) groups excluding carboxylic acids is 1. The summed E-state index contributed by atoms with van der Waals surface area (Å²) in [6.45, 7) is 2.90. The monoisotopic (exact) mass is 371 g/mol. The van der Waals surface area contributed by atoms with Crippen molar-refractivity contribution >= 4 is 23.4 Å². The van der Waals surface area contributed by atoms with Crippen LogP contribution in [0.4, 0.5) is 5.69 Å². The van der Waals surface area contributed by atoms with E-state index in [4.69, 9.17) is 0 Å². The Bertz CT molecular complexity index is 757. The number of aromatic nitrogens is 3. The van der Waals surface area contributed by atoms with Crippen molar-refractivity contribution in [1.82, 2.24) is 20.1 Å². The fourth-order valence-corrected chi connectivity index (χ4v) is 4.82. The molecule has 1 N–H and O–H groups in total. The molecule has 3 heterocycles. The average Bonchev–Trinajstić information content (AvgIpc) is 3.24. The minimum Gasteiger partial charge on any atom is -0.317 e. The number of rotatable bonds is 5. The zero-order valence-electron chi connectivity index (χ0n) is 15.1. The van der Waals surface area contributed by atoms with E-state index in [9.17, 15) is 4.79 Å². The van der Waals surface area contributed by atoms with Gasteiger partial charge >= 0.3 is 0 Å². The molecule has 1 atom stereocenters. The standard InChI is InChI=1S/C19H25N5OS/c1-23-18(15-7-9-20-10-8-15)21-22-19(23)26-13-14-11-17(25)24(12-14)16-5-3-2-4-6-16/h2-6,14-15,20H,7-13H2,1H3/t14-/m0/s1. The van der Waals surface area contributed by atoms with Gasteiger partial charge in [-0.3, -0.25) is 4.79 Å². The van der Waals surface area contributed by atoms with Crippen molar-refractivity contribution in [1.29, 1.82) is 0 Å². The summed E-state index contributed by atoms with van der Waals surface area (Å²) in [7, 11) is 2.07. The number of nitrogens with one attached hydrogen (secondary N) is 1. The first-order valence-corrected chi connectivity index (χ1v) is 10.3. The van der Waals surface area contributed by atoms with Crippen LogP contribution in [0.1, 0.15) is 31.0 Å². The third-order valence-electron chi connectivity index (χ3n) is 5.29. The van der Waals surface area contributed by atoms with E-state index in [1.54, 1.807) is 11.8 Å². The minimum atomic E-state index is 0.218. The molecule has 0 bridgehead atoms. The number of piperidine rings is 1. The molecule has 1 aromatic heterocycles. The van der Waals surface area contributed by atoms with Crippen LogP contribution in [0.15, 0.2) is 35.5 Å². The maximum absolute atomic E-state index is 12.4. The minimum absolute atomic E-state index is 0.218. The highest BCUT2D eigenvalue weighted by Gasteiger charge is 2.31. The number of hydrogen-bond acceptors (Lipinski definition) is 5. The summed E-state index contributed by atoms with van der Waals surface area (Å²) in [5.41, 5.74) is 0.997. The largest absolute Gasteiger partial charge is 0.317 e. The number of benzene rings is 1. The number of amides is 1. The summed E-state index contributed by atoms with van der Waals surface area (Å²) in [5, 5.41) is 13.2. The normalized spacial score (nSPS) is 21.5. The van der Waals surface area contributed by atoms with Gasteiger partial charge in [-0.05, 0) is 44.0 Å². The molecule has 2 saturated heterocycles. The van der Waals surface area contributed by atoms with Gasteiger partial charge < -0.3 is 14.8 Å². The quantitative estimate of drug-likeness (QED) is 0.818. The molecule has 0 saturated carbocycles. The van der Waals surface area contributed by atoms with Gasteiger partial charge in [0.1, 0.15) is 5.82 Å². The number of hydrogen-bond donors (Lipinski definition) is 1. The van der Waals surface area contributed by atoms with Crippen LogP contribution in [0.5, 0.6) is 0 Å². The first-order valence-electron chi connectivity index (χ1n) is 9.30. The van der Waals surface area contributed by atoms with Crippen molar-refractivity contribution in [2.24, 2.45) is 13.0 Å². The van der Waals surface area contributed by atoms with Crippen LogP contribution in [0.25, 0.3) is 0 Å². The van der Waals surface area contributed by atoms with Crippen LogP contribution in [-0.4, -0.2) is 46.1 Å². The molecule has 7 heteroatoms. The molecule has 26 heavy (non-hydrogen) atoms. The van der Waals surface area contributed by atoms with E-state index in [0.717, 1.165) is 54.9 Å². The lowest BCUT2D eigenvalue weighted by Gasteiger charge is -2.21. The molecule has 138 valence electrons. The highest BCUT2D eigenvalue weighted by Crippen LogP contribution is 2.31. The lowest BCUT2D eigenvalue weighted by molar-refractivity contribution is -0.117. The Hall–Kier alpha value is -1.86. The summed E-state index contributed by atoms with van der Waals surface area (Å²) < 4.78 is 2.15. The average molecular weight is 372 g/mol. The Kier molecular flexibility index (Phi) is 5.26. The van der Waals surface area contributed by atoms with Gasteiger partial charge in [0.05, 0.1) is 0 Å². The Morgan fingerprint density at radius 2 is 1.96 bits per heavy atom. The van der Waals surface area contributed by atoms with E-state index in [1.807, 2.05) is 35.2 Å². The van der Waals surface area contributed by atoms with Gasteiger partial charge in [-0.15, -0.1) is 10.2 Å². The molecule has 0 aliphatic carbocycles. The van der Waals surface area contributed by atoms with E-state index < -0.39 is 0 Å². The smallest absolute Gasteiger partial charge is 0.227 e. The zero-order valence-corrected chi connectivity index (χ0v) is 15.9. The second-order valence-electron chi connectivity index (χ2n) is 7.15. The van der Waals surface area contributed by atoms with Crippen LogP contribution in [-0.2, 0) is 11.8 Å². The van der Waals surface area contributed by atoms with Gasteiger partial charge in [0.25, 0.3) is 0 Å². The maximum atomic E-state index is 12.4. The summed E-state index contributed by atoms with van der Waals surface area (Å²) in [4.78, 5) is 14.3. The summed E-state index contributed by atoms with van der Waals surface area (Å²) >= 11 is 1.72. The Balaban J connectivity index is 1.36. The van der Waals surface area contributed by atoms with Crippen molar-refractivity contribution in [3.8, 4) is 0 Å². The second-order valence-corrected chi connectivity index (χ2v) is 8.13. The van der Waals surface area contributed by atoms with Crippen molar-refractivity contribution in [3.63, 3.8) is 0 Å². The fraction of sp³-hybridized carbons (Fsp3) is 0.526. The molecule has 0 radical (unpaired) electrons. The topological polar surface area (TPSA) is 63.1 Å². The number of thioether (sulfide) groups is 1. The number of para-hydroxylation sites is 1. The lowest BCUT2D eigenvalue weighted by atomic mass is 9.97. The molecular formula is C19H25N5OS. The molecule has 6 nitrogen and oxygen atoms in total. The Morgan fingerprint density at radius 3 is 2.73 bits per heavy atom. The van der Waals surface area contributed by atoms with E-state index >= 15 is 0 Å². The third-order valence-corrected chi connectivity index (χ3v) is 6.55. The highest BCUT2D eigenvalue weighted by molar-refractivity contribution is 7.99. The van der Waals surface area contributed by atoms with Gasteiger partial charge in [-0.25, -0.2) is 0 Å². The first kappa shape index (κ1) is 17.5. The number of carbonyl (C=O) groups is 1. The van der Waals surface area contributed by atoms with Crippen LogP contribution >= 0.6 is 11.8 Å². The molecule has 2 aliphatic heterocycles. The van der Waals surface area contributed by atoms with Crippen LogP contribution in [0.3, 0.4) is 0 Å². The molecule has 1 amide bonds. The van der Waals surface area contributed by atoms with Crippen molar-refractivity contribution in [2.75, 3.05) is 30.3 Å². The van der Waals surface area contributed by atoms with Crippen LogP contribution < -0.4 is 10.2 Å². The molecule has 4 rings (SSSR count). The van der Waals surface area contributed by atoms with Crippen molar-refractivity contribution in [2.45, 2.75) is 30.3 Å². The summed E-state index contributed by atoms with van der Waals surface area (Å²) in [6.07, 6.45) is 2.86. The van der Waals surface area contributed by atoms with Gasteiger partial charge in [0.15, 0.2) is 5.16 Å². The SMILES string of the molecule is Cn1c(SC[C@H]2CC(=O)N(c3ccccc3)C2)nnc1C1CCNCC1. The number of nitrogens with zero attached hydrogens (tertiary/aromatic N) is 4. The molecule has 0 spiro atoms. The first-order chi connectivity index (χ1) is 12.7. The number of anilines is 1. The van der Waals surface area contributed by atoms with Gasteiger partial charge in [0, 0.05) is 37.4 Å². The molecule has 2 aliphatic rings. The molecule has 0 unspecified atom stereocenters. The van der Waals surface area contributed by atoms with Gasteiger partial charge in [0.2, 0.25) is 5.91 Å². The zero-order chi connectivity index (χ0) is 17.9. The van der Waals surface area contributed by atoms with Crippen molar-refractivity contribution in [3.05, 3.63) is 36.2 Å². The van der Waals surface area contributed by atoms with Crippen LogP contribution in [0, 0.1) is 5.92 Å². The predicted octanol–water partition coefficient (Wildman–Crippen LogP) is 2.43. The predicted molar refractivity (Wildman–Crippen MR) is 103 cm³/mol. The summed E-state index contributed by atoms with van der Waals surface area (Å²) in [5.74, 6) is 3.07. The van der Waals surface area contributed by atoms with Crippen molar-refractivity contribution < 1.29 is 4.79 Å². The molecular weight excluding hydrogens is 346 g/mol. The van der Waals surface area contributed by atoms with Gasteiger partial charge in [-0.2, -0.15) is 0 Å². The van der Waals surface area contributed by atoms with E-state index in [2.05, 4.69) is 27.1 Å². The third kappa shape index (κ3) is 3.64. The molecule has 2 fully saturated rings. The molecule has 1 aromatic carbocycles. The van der Waals surface area contributed by atoms with E-state index in [0.29, 0.717) is 18.3 Å². The molecule has 2 aromatic rings. The van der Waals surface area contributed by atoms with E-state index in [1.165, 1.54) is 0 Å². The Labute approximate surface area is 158 Å². The van der Waals surface area contributed by atoms with E-state index in [-0.39, 0.29) is 5.91 Å². The maximum Gasteiger partial charge on any atom is 0.227 e. The fourth-order valence-electron chi connectivity index (χ4n) is 3.83. The summed E-state index contributed by atoms with van der Waals surface area (Å²) in [6, 6.07) is 9.94. The van der Waals surface area contributed by atoms with Gasteiger partial charge in [-0.1, -0.05) is 30.0 Å². The lowest BCUT2D eigenvalue weighted by Crippen LogP contribution is -2.27.